The van der Waals surface area contributed by atoms with Gasteiger partial charge < -0.3 is 19.8 Å². The van der Waals surface area contributed by atoms with Crippen LogP contribution in [0.5, 0.6) is 11.5 Å². The van der Waals surface area contributed by atoms with E-state index in [1.54, 1.807) is 31.0 Å². The van der Waals surface area contributed by atoms with Crippen LogP contribution >= 0.6 is 0 Å². The molecular weight excluding hydrogens is 282 g/mol. The number of hydrogen-bond donors (Lipinski definition) is 1. The highest BCUT2D eigenvalue weighted by Crippen LogP contribution is 2.28. The van der Waals surface area contributed by atoms with Gasteiger partial charge in [-0.1, -0.05) is 0 Å². The van der Waals surface area contributed by atoms with Gasteiger partial charge in [0.25, 0.3) is 0 Å². The average Bonchev–Trinajstić information content (AvgIpc) is 2.83. The van der Waals surface area contributed by atoms with Gasteiger partial charge >= 0.3 is 0 Å². The van der Waals surface area contributed by atoms with Crippen LogP contribution in [0.25, 0.3) is 0 Å². The van der Waals surface area contributed by atoms with Crippen LogP contribution in [0, 0.1) is 11.3 Å². The first-order chi connectivity index (χ1) is 10.5. The number of nitrogens with zero attached hydrogens (tertiary/aromatic N) is 2. The van der Waals surface area contributed by atoms with Gasteiger partial charge in [-0.05, 0) is 12.1 Å². The smallest absolute Gasteiger partial charge is 0.178 e. The molecule has 0 aliphatic heterocycles. The Labute approximate surface area is 128 Å². The van der Waals surface area contributed by atoms with Crippen LogP contribution in [0.4, 0.5) is 5.69 Å². The Balaban J connectivity index is 2.48. The molecule has 0 bridgehead atoms. The molecule has 0 radical (unpaired) electrons. The van der Waals surface area contributed by atoms with E-state index in [2.05, 4.69) is 0 Å². The van der Waals surface area contributed by atoms with E-state index >= 15 is 0 Å². The third kappa shape index (κ3) is 2.74. The summed E-state index contributed by atoms with van der Waals surface area (Å²) in [5, 5.41) is 9.08. The highest BCUT2D eigenvalue weighted by Gasteiger charge is 2.18. The zero-order valence-corrected chi connectivity index (χ0v) is 12.7. The van der Waals surface area contributed by atoms with Gasteiger partial charge in [-0.3, -0.25) is 4.79 Å². The van der Waals surface area contributed by atoms with Crippen molar-refractivity contribution in [1.82, 2.24) is 4.57 Å². The first-order valence-corrected chi connectivity index (χ1v) is 6.62. The molecule has 2 N–H and O–H groups in total. The molecule has 1 heterocycles. The van der Waals surface area contributed by atoms with Crippen molar-refractivity contribution in [2.24, 2.45) is 0 Å². The summed E-state index contributed by atoms with van der Waals surface area (Å²) in [7, 11) is 3.14. The third-order valence-electron chi connectivity index (χ3n) is 3.41. The highest BCUT2D eigenvalue weighted by molar-refractivity contribution is 5.99. The number of ketones is 1. The first kappa shape index (κ1) is 15.4. The van der Waals surface area contributed by atoms with Gasteiger partial charge in [-0.25, -0.2) is 0 Å². The number of benzene rings is 1. The van der Waals surface area contributed by atoms with Crippen molar-refractivity contribution in [2.75, 3.05) is 20.0 Å². The Morgan fingerprint density at radius 2 is 2.09 bits per heavy atom. The van der Waals surface area contributed by atoms with Gasteiger partial charge in [-0.15, -0.1) is 0 Å². The molecule has 0 saturated heterocycles. The molecule has 1 aromatic carbocycles. The molecule has 0 unspecified atom stereocenters. The lowest BCUT2D eigenvalue weighted by Gasteiger charge is -2.12. The standard InChI is InChI=1S/C16H17N3O3/c1-10(20)16-15(18)12(7-17)9-19(16)8-11-4-5-13(21-2)6-14(11)22-3/h4-6,9H,8,18H2,1-3H3. The molecule has 0 atom stereocenters. The predicted molar refractivity (Wildman–Crippen MR) is 82.2 cm³/mol. The lowest BCUT2D eigenvalue weighted by molar-refractivity contribution is 0.101. The van der Waals surface area contributed by atoms with Crippen molar-refractivity contribution in [3.05, 3.63) is 41.2 Å². The van der Waals surface area contributed by atoms with Crippen molar-refractivity contribution in [2.45, 2.75) is 13.5 Å². The van der Waals surface area contributed by atoms with E-state index in [-0.39, 0.29) is 17.0 Å². The Kier molecular flexibility index (Phi) is 4.37. The maximum atomic E-state index is 11.8. The molecule has 0 saturated carbocycles. The Bertz CT molecular complexity index is 757. The van der Waals surface area contributed by atoms with Gasteiger partial charge in [0, 0.05) is 24.8 Å². The Morgan fingerprint density at radius 3 is 2.64 bits per heavy atom. The van der Waals surface area contributed by atoms with E-state index < -0.39 is 0 Å². The number of Topliss-reactive ketones (excluding diaryl/α,β-unsaturated/α-hetero) is 1. The first-order valence-electron chi connectivity index (χ1n) is 6.62. The predicted octanol–water partition coefficient (Wildman–Crippen LogP) is 2.21. The molecule has 2 rings (SSSR count). The van der Waals surface area contributed by atoms with E-state index in [9.17, 15) is 4.79 Å². The number of nitrogens with two attached hydrogens (primary N) is 1. The minimum Gasteiger partial charge on any atom is -0.497 e. The summed E-state index contributed by atoms with van der Waals surface area (Å²) in [6.45, 7) is 1.79. The van der Waals surface area contributed by atoms with E-state index in [1.807, 2.05) is 18.2 Å². The van der Waals surface area contributed by atoms with Crippen LogP contribution in [0.1, 0.15) is 28.5 Å². The molecule has 0 fully saturated rings. The summed E-state index contributed by atoms with van der Waals surface area (Å²) in [5.74, 6) is 1.13. The molecular formula is C16H17N3O3. The van der Waals surface area contributed by atoms with E-state index in [0.29, 0.717) is 23.7 Å². The number of nitrogen functional groups attached to an aromatic ring is 1. The lowest BCUT2D eigenvalue weighted by Crippen LogP contribution is -2.09. The fourth-order valence-electron chi connectivity index (χ4n) is 2.34. The number of aromatic nitrogens is 1. The number of carbonyl (C=O) groups excluding carboxylic acids is 1. The van der Waals surface area contributed by atoms with Crippen LogP contribution in [0.3, 0.4) is 0 Å². The minimum absolute atomic E-state index is 0.188. The normalized spacial score (nSPS) is 10.1. The zero-order valence-electron chi connectivity index (χ0n) is 12.7. The summed E-state index contributed by atoms with van der Waals surface area (Å²) >= 11 is 0. The number of hydrogen-bond acceptors (Lipinski definition) is 5. The minimum atomic E-state index is -0.188. The second-order valence-electron chi connectivity index (χ2n) is 4.78. The second kappa shape index (κ2) is 6.22. The number of carbonyl (C=O) groups is 1. The van der Waals surface area contributed by atoms with Crippen LogP contribution < -0.4 is 15.2 Å². The van der Waals surface area contributed by atoms with E-state index in [4.69, 9.17) is 20.5 Å². The molecule has 6 nitrogen and oxygen atoms in total. The number of anilines is 1. The Hall–Kier alpha value is -2.94. The fourth-order valence-corrected chi connectivity index (χ4v) is 2.34. The van der Waals surface area contributed by atoms with Gasteiger partial charge in [-0.2, -0.15) is 5.26 Å². The van der Waals surface area contributed by atoms with Crippen molar-refractivity contribution >= 4 is 11.5 Å². The third-order valence-corrected chi connectivity index (χ3v) is 3.41. The molecule has 1 aromatic heterocycles. The zero-order chi connectivity index (χ0) is 16.3. The molecule has 2 aromatic rings. The van der Waals surface area contributed by atoms with E-state index in [0.717, 1.165) is 5.56 Å². The molecule has 6 heteroatoms. The van der Waals surface area contributed by atoms with Crippen molar-refractivity contribution in [3.63, 3.8) is 0 Å². The van der Waals surface area contributed by atoms with Crippen LogP contribution in [0.15, 0.2) is 24.4 Å². The van der Waals surface area contributed by atoms with Crippen LogP contribution in [-0.4, -0.2) is 24.6 Å². The molecule has 0 spiro atoms. The summed E-state index contributed by atoms with van der Waals surface area (Å²) < 4.78 is 12.2. The maximum Gasteiger partial charge on any atom is 0.178 e. The number of nitriles is 1. The Morgan fingerprint density at radius 1 is 1.36 bits per heavy atom. The van der Waals surface area contributed by atoms with Crippen LogP contribution in [-0.2, 0) is 6.54 Å². The van der Waals surface area contributed by atoms with Gasteiger partial charge in [0.1, 0.15) is 23.3 Å². The van der Waals surface area contributed by atoms with Crippen molar-refractivity contribution in [3.8, 4) is 17.6 Å². The molecule has 0 amide bonds. The summed E-state index contributed by atoms with van der Waals surface area (Å²) in [5.41, 5.74) is 7.55. The van der Waals surface area contributed by atoms with Crippen LogP contribution in [0.2, 0.25) is 0 Å². The molecule has 0 aliphatic carbocycles. The maximum absolute atomic E-state index is 11.8. The largest absolute Gasteiger partial charge is 0.497 e. The van der Waals surface area contributed by atoms with Crippen molar-refractivity contribution < 1.29 is 14.3 Å². The van der Waals surface area contributed by atoms with Gasteiger partial charge in [0.15, 0.2) is 5.78 Å². The second-order valence-corrected chi connectivity index (χ2v) is 4.78. The number of ether oxygens (including phenoxy) is 2. The topological polar surface area (TPSA) is 90.3 Å². The number of rotatable bonds is 5. The number of methoxy groups -OCH3 is 2. The SMILES string of the molecule is COc1ccc(Cn2cc(C#N)c(N)c2C(C)=O)c(OC)c1. The van der Waals surface area contributed by atoms with Crippen molar-refractivity contribution in [1.29, 1.82) is 5.26 Å². The molecule has 22 heavy (non-hydrogen) atoms. The van der Waals surface area contributed by atoms with E-state index in [1.165, 1.54) is 6.92 Å². The molecule has 114 valence electrons. The summed E-state index contributed by atoms with van der Waals surface area (Å²) in [4.78, 5) is 11.8. The fraction of sp³-hybridized carbons (Fsp3) is 0.250. The lowest BCUT2D eigenvalue weighted by atomic mass is 10.1. The van der Waals surface area contributed by atoms with Gasteiger partial charge in [0.05, 0.1) is 32.0 Å². The summed E-state index contributed by atoms with van der Waals surface area (Å²) in [6, 6.07) is 7.42. The van der Waals surface area contributed by atoms with Gasteiger partial charge in [0.2, 0.25) is 0 Å². The quantitative estimate of drug-likeness (QED) is 0.855. The monoisotopic (exact) mass is 299 g/mol. The highest BCUT2D eigenvalue weighted by atomic mass is 16.5. The summed E-state index contributed by atoms with van der Waals surface area (Å²) in [6.07, 6.45) is 1.58. The molecule has 0 aliphatic rings. The average molecular weight is 299 g/mol.